The highest BCUT2D eigenvalue weighted by atomic mass is 32.2. The van der Waals surface area contributed by atoms with Crippen LogP contribution in [-0.4, -0.2) is 63.7 Å². The van der Waals surface area contributed by atoms with Crippen LogP contribution in [0.15, 0.2) is 24.8 Å². The normalized spacial score (nSPS) is 17.5. The Kier molecular flexibility index (Phi) is 4.66. The third-order valence-electron chi connectivity index (χ3n) is 4.36. The first-order chi connectivity index (χ1) is 11.4. The Morgan fingerprint density at radius 2 is 1.92 bits per heavy atom. The van der Waals surface area contributed by atoms with Gasteiger partial charge in [0.15, 0.2) is 5.82 Å². The molecule has 2 aromatic heterocycles. The highest BCUT2D eigenvalue weighted by Gasteiger charge is 2.30. The Hall–Kier alpha value is -1.84. The van der Waals surface area contributed by atoms with Crippen LogP contribution in [0.5, 0.6) is 0 Å². The molecule has 2 aromatic rings. The first-order valence-corrected chi connectivity index (χ1v) is 9.26. The third kappa shape index (κ3) is 3.19. The van der Waals surface area contributed by atoms with Crippen molar-refractivity contribution in [1.82, 2.24) is 28.1 Å². The summed E-state index contributed by atoms with van der Waals surface area (Å²) in [4.78, 5) is 13.3. The summed E-state index contributed by atoms with van der Waals surface area (Å²) in [5.74, 6) is 0.989. The summed E-state index contributed by atoms with van der Waals surface area (Å²) in [6, 6.07) is 0. The molecule has 0 aliphatic carbocycles. The molecule has 130 valence electrons. The van der Waals surface area contributed by atoms with E-state index < -0.39 is 10.2 Å². The summed E-state index contributed by atoms with van der Waals surface area (Å²) in [5, 5.41) is 0. The van der Waals surface area contributed by atoms with E-state index in [4.69, 9.17) is 4.98 Å². The summed E-state index contributed by atoms with van der Waals surface area (Å²) in [5.41, 5.74) is 1.64. The number of aromatic nitrogens is 4. The van der Waals surface area contributed by atoms with Crippen molar-refractivity contribution in [3.05, 3.63) is 30.5 Å². The van der Waals surface area contributed by atoms with Gasteiger partial charge in [-0.05, 0) is 12.8 Å². The molecule has 1 aliphatic rings. The fourth-order valence-corrected chi connectivity index (χ4v) is 4.05. The Morgan fingerprint density at radius 1 is 1.21 bits per heavy atom. The topological polar surface area (TPSA) is 84.2 Å². The fraction of sp³-hybridized carbons (Fsp3) is 0.533. The van der Waals surface area contributed by atoms with Crippen LogP contribution in [0, 0.1) is 0 Å². The Labute approximate surface area is 142 Å². The van der Waals surface area contributed by atoms with Gasteiger partial charge in [0, 0.05) is 58.7 Å². The van der Waals surface area contributed by atoms with Crippen molar-refractivity contribution in [2.75, 3.05) is 27.2 Å². The maximum atomic E-state index is 12.2. The lowest BCUT2D eigenvalue weighted by atomic mass is 9.95. The molecule has 0 aromatic carbocycles. The van der Waals surface area contributed by atoms with E-state index in [0.29, 0.717) is 13.1 Å². The number of piperidine rings is 1. The highest BCUT2D eigenvalue weighted by molar-refractivity contribution is 7.86. The number of rotatable bonds is 4. The second kappa shape index (κ2) is 6.58. The minimum Gasteiger partial charge on any atom is -0.333 e. The fourth-order valence-electron chi connectivity index (χ4n) is 2.91. The molecule has 24 heavy (non-hydrogen) atoms. The van der Waals surface area contributed by atoms with E-state index in [0.717, 1.165) is 30.1 Å². The molecule has 1 aliphatic heterocycles. The Bertz CT molecular complexity index is 809. The van der Waals surface area contributed by atoms with E-state index in [-0.39, 0.29) is 5.92 Å². The van der Waals surface area contributed by atoms with Crippen LogP contribution in [0.2, 0.25) is 0 Å². The predicted molar refractivity (Wildman–Crippen MR) is 90.4 cm³/mol. The summed E-state index contributed by atoms with van der Waals surface area (Å²) in [7, 11) is 1.70. The zero-order valence-corrected chi connectivity index (χ0v) is 14.9. The summed E-state index contributed by atoms with van der Waals surface area (Å²) >= 11 is 0. The molecule has 1 fully saturated rings. The quantitative estimate of drug-likeness (QED) is 0.817. The molecule has 0 amide bonds. The average Bonchev–Trinajstić information content (AvgIpc) is 3.01. The average molecular weight is 350 g/mol. The smallest absolute Gasteiger partial charge is 0.281 e. The molecule has 0 bridgehead atoms. The van der Waals surface area contributed by atoms with Crippen molar-refractivity contribution in [2.24, 2.45) is 7.05 Å². The van der Waals surface area contributed by atoms with Crippen molar-refractivity contribution in [1.29, 1.82) is 0 Å². The van der Waals surface area contributed by atoms with Gasteiger partial charge in [0.05, 0.1) is 11.9 Å². The molecule has 0 N–H and O–H groups in total. The van der Waals surface area contributed by atoms with Crippen LogP contribution in [-0.2, 0) is 17.3 Å². The number of aryl methyl sites for hydroxylation is 1. The SMILES string of the molecule is CN(C)S(=O)(=O)N1CCC(c2cncc(-c3nccn3C)n2)CC1. The standard InChI is InChI=1S/C15H22N6O2S/c1-19(2)24(22,23)21-7-4-12(5-8-21)13-10-16-11-14(18-13)15-17-6-9-20(15)3/h6,9-12H,4-5,7-8H2,1-3H3. The highest BCUT2D eigenvalue weighted by Crippen LogP contribution is 2.29. The van der Waals surface area contributed by atoms with Crippen LogP contribution >= 0.6 is 0 Å². The van der Waals surface area contributed by atoms with Crippen molar-refractivity contribution in [3.63, 3.8) is 0 Å². The van der Waals surface area contributed by atoms with Gasteiger partial charge in [0.25, 0.3) is 10.2 Å². The molecule has 3 heterocycles. The molecular weight excluding hydrogens is 328 g/mol. The third-order valence-corrected chi connectivity index (χ3v) is 6.30. The molecule has 3 rings (SSSR count). The predicted octanol–water partition coefficient (Wildman–Crippen LogP) is 0.863. The van der Waals surface area contributed by atoms with Crippen LogP contribution in [0.25, 0.3) is 11.5 Å². The second-order valence-corrected chi connectivity index (χ2v) is 8.30. The van der Waals surface area contributed by atoms with Crippen LogP contribution in [0.3, 0.4) is 0 Å². The molecule has 9 heteroatoms. The minimum absolute atomic E-state index is 0.214. The van der Waals surface area contributed by atoms with Gasteiger partial charge in [0.1, 0.15) is 5.69 Å². The molecule has 0 saturated carbocycles. The number of imidazole rings is 1. The van der Waals surface area contributed by atoms with Crippen LogP contribution in [0.4, 0.5) is 0 Å². The summed E-state index contributed by atoms with van der Waals surface area (Å²) in [6.07, 6.45) is 8.56. The molecule has 8 nitrogen and oxygen atoms in total. The Morgan fingerprint density at radius 3 is 2.50 bits per heavy atom. The first-order valence-electron chi connectivity index (χ1n) is 7.87. The first kappa shape index (κ1) is 17.0. The van der Waals surface area contributed by atoms with Crippen molar-refractivity contribution in [2.45, 2.75) is 18.8 Å². The number of hydrogen-bond acceptors (Lipinski definition) is 5. The van der Waals surface area contributed by atoms with E-state index in [9.17, 15) is 8.42 Å². The van der Waals surface area contributed by atoms with E-state index in [2.05, 4.69) is 9.97 Å². The van der Waals surface area contributed by atoms with E-state index in [1.807, 2.05) is 17.8 Å². The number of nitrogens with zero attached hydrogens (tertiary/aromatic N) is 6. The lowest BCUT2D eigenvalue weighted by Crippen LogP contribution is -2.44. The molecule has 0 radical (unpaired) electrons. The Balaban J connectivity index is 1.75. The van der Waals surface area contributed by atoms with E-state index in [1.54, 1.807) is 32.7 Å². The van der Waals surface area contributed by atoms with Gasteiger partial charge in [-0.2, -0.15) is 17.0 Å². The van der Waals surface area contributed by atoms with Gasteiger partial charge in [-0.15, -0.1) is 0 Å². The van der Waals surface area contributed by atoms with Gasteiger partial charge < -0.3 is 4.57 Å². The lowest BCUT2D eigenvalue weighted by Gasteiger charge is -2.32. The monoisotopic (exact) mass is 350 g/mol. The molecule has 0 spiro atoms. The second-order valence-electron chi connectivity index (χ2n) is 6.15. The summed E-state index contributed by atoms with van der Waals surface area (Å²) in [6.45, 7) is 0.999. The molecule has 0 atom stereocenters. The molecule has 0 unspecified atom stereocenters. The number of hydrogen-bond donors (Lipinski definition) is 0. The van der Waals surface area contributed by atoms with Gasteiger partial charge in [-0.3, -0.25) is 4.98 Å². The van der Waals surface area contributed by atoms with Gasteiger partial charge in [-0.1, -0.05) is 0 Å². The van der Waals surface area contributed by atoms with Crippen molar-refractivity contribution in [3.8, 4) is 11.5 Å². The van der Waals surface area contributed by atoms with Gasteiger partial charge in [0.2, 0.25) is 0 Å². The van der Waals surface area contributed by atoms with E-state index in [1.165, 1.54) is 8.61 Å². The minimum atomic E-state index is -3.34. The van der Waals surface area contributed by atoms with Crippen LogP contribution < -0.4 is 0 Å². The molecule has 1 saturated heterocycles. The van der Waals surface area contributed by atoms with Gasteiger partial charge >= 0.3 is 0 Å². The maximum absolute atomic E-state index is 12.2. The lowest BCUT2D eigenvalue weighted by molar-refractivity contribution is 0.300. The van der Waals surface area contributed by atoms with Crippen molar-refractivity contribution >= 4 is 10.2 Å². The zero-order chi connectivity index (χ0) is 17.3. The molecular formula is C15H22N6O2S. The maximum Gasteiger partial charge on any atom is 0.281 e. The van der Waals surface area contributed by atoms with E-state index >= 15 is 0 Å². The van der Waals surface area contributed by atoms with Crippen molar-refractivity contribution < 1.29 is 8.42 Å². The van der Waals surface area contributed by atoms with Crippen LogP contribution in [0.1, 0.15) is 24.5 Å². The summed E-state index contributed by atoms with van der Waals surface area (Å²) < 4.78 is 29.1. The zero-order valence-electron chi connectivity index (χ0n) is 14.1. The largest absolute Gasteiger partial charge is 0.333 e. The van der Waals surface area contributed by atoms with Gasteiger partial charge in [-0.25, -0.2) is 9.97 Å².